The number of nitrogens with one attached hydrogen (secondary N) is 2. The molecule has 6 heteroatoms. The van der Waals surface area contributed by atoms with E-state index >= 15 is 0 Å². The fourth-order valence-electron chi connectivity index (χ4n) is 1.43. The summed E-state index contributed by atoms with van der Waals surface area (Å²) >= 11 is 0. The summed E-state index contributed by atoms with van der Waals surface area (Å²) in [5.41, 5.74) is 0.551. The Hall–Kier alpha value is -1.66. The summed E-state index contributed by atoms with van der Waals surface area (Å²) in [6, 6.07) is 3.52. The number of carbonyl (C=O) groups is 1. The third-order valence-electron chi connectivity index (χ3n) is 2.45. The number of rotatable bonds is 9. The summed E-state index contributed by atoms with van der Waals surface area (Å²) in [5.74, 6) is 0.611. The van der Waals surface area contributed by atoms with Gasteiger partial charge in [0.2, 0.25) is 0 Å². The lowest BCUT2D eigenvalue weighted by Gasteiger charge is -2.07. The van der Waals surface area contributed by atoms with Gasteiger partial charge in [-0.15, -0.1) is 0 Å². The molecule has 1 rings (SSSR count). The number of aromatic nitrogens is 1. The molecule has 1 aromatic rings. The second-order valence-electron chi connectivity index (χ2n) is 3.95. The average molecular weight is 267 g/mol. The van der Waals surface area contributed by atoms with Crippen molar-refractivity contribution in [2.75, 3.05) is 45.8 Å². The lowest BCUT2D eigenvalue weighted by atomic mass is 10.2. The smallest absolute Gasteiger partial charge is 0.252 e. The first kappa shape index (κ1) is 15.4. The van der Waals surface area contributed by atoms with Crippen molar-refractivity contribution in [2.24, 2.45) is 0 Å². The van der Waals surface area contributed by atoms with Crippen LogP contribution in [0.15, 0.2) is 18.3 Å². The van der Waals surface area contributed by atoms with Gasteiger partial charge in [0.15, 0.2) is 0 Å². The molecule has 19 heavy (non-hydrogen) atoms. The molecule has 0 saturated heterocycles. The maximum atomic E-state index is 11.7. The third kappa shape index (κ3) is 6.17. The van der Waals surface area contributed by atoms with Crippen LogP contribution in [0, 0.1) is 0 Å². The molecule has 0 unspecified atom stereocenters. The highest BCUT2D eigenvalue weighted by atomic mass is 16.5. The summed E-state index contributed by atoms with van der Waals surface area (Å²) in [6.45, 7) is 2.54. The SMILES string of the molecule is COCCCNC(=O)c1ccc(NCCOC)nc1. The van der Waals surface area contributed by atoms with Gasteiger partial charge in [0.1, 0.15) is 5.82 Å². The second-order valence-corrected chi connectivity index (χ2v) is 3.95. The molecule has 0 fully saturated rings. The molecule has 0 aliphatic carbocycles. The monoisotopic (exact) mass is 267 g/mol. The second kappa shape index (κ2) is 9.29. The van der Waals surface area contributed by atoms with Crippen molar-refractivity contribution in [2.45, 2.75) is 6.42 Å². The van der Waals surface area contributed by atoms with Gasteiger partial charge < -0.3 is 20.1 Å². The van der Waals surface area contributed by atoms with E-state index in [1.165, 1.54) is 0 Å². The van der Waals surface area contributed by atoms with Crippen molar-refractivity contribution in [3.05, 3.63) is 23.9 Å². The molecule has 0 aliphatic rings. The van der Waals surface area contributed by atoms with Crippen LogP contribution in [0.5, 0.6) is 0 Å². The summed E-state index contributed by atoms with van der Waals surface area (Å²) in [6.07, 6.45) is 2.35. The fraction of sp³-hybridized carbons (Fsp3) is 0.538. The molecule has 0 radical (unpaired) electrons. The Morgan fingerprint density at radius 3 is 2.63 bits per heavy atom. The van der Waals surface area contributed by atoms with Crippen molar-refractivity contribution < 1.29 is 14.3 Å². The van der Waals surface area contributed by atoms with Crippen molar-refractivity contribution >= 4 is 11.7 Å². The van der Waals surface area contributed by atoms with Crippen LogP contribution in [0.2, 0.25) is 0 Å². The van der Waals surface area contributed by atoms with Crippen LogP contribution >= 0.6 is 0 Å². The number of amides is 1. The first-order chi connectivity index (χ1) is 9.27. The minimum atomic E-state index is -0.118. The van der Waals surface area contributed by atoms with E-state index in [4.69, 9.17) is 9.47 Å². The van der Waals surface area contributed by atoms with Gasteiger partial charge in [-0.2, -0.15) is 0 Å². The Morgan fingerprint density at radius 1 is 1.21 bits per heavy atom. The van der Waals surface area contributed by atoms with E-state index in [0.29, 0.717) is 31.9 Å². The highest BCUT2D eigenvalue weighted by molar-refractivity contribution is 5.93. The maximum absolute atomic E-state index is 11.7. The normalized spacial score (nSPS) is 10.2. The minimum Gasteiger partial charge on any atom is -0.385 e. The maximum Gasteiger partial charge on any atom is 0.252 e. The van der Waals surface area contributed by atoms with E-state index in [0.717, 1.165) is 12.2 Å². The van der Waals surface area contributed by atoms with Crippen molar-refractivity contribution in [1.29, 1.82) is 0 Å². The summed E-state index contributed by atoms with van der Waals surface area (Å²) in [4.78, 5) is 15.9. The molecule has 6 nitrogen and oxygen atoms in total. The number of ether oxygens (including phenoxy) is 2. The Morgan fingerprint density at radius 2 is 2.00 bits per heavy atom. The van der Waals surface area contributed by atoms with Gasteiger partial charge in [-0.25, -0.2) is 4.98 Å². The van der Waals surface area contributed by atoms with E-state index in [2.05, 4.69) is 15.6 Å². The Bertz CT molecular complexity index is 368. The van der Waals surface area contributed by atoms with Crippen LogP contribution in [0.1, 0.15) is 16.8 Å². The van der Waals surface area contributed by atoms with Gasteiger partial charge >= 0.3 is 0 Å². The molecule has 0 spiro atoms. The lowest BCUT2D eigenvalue weighted by Crippen LogP contribution is -2.25. The zero-order valence-electron chi connectivity index (χ0n) is 11.4. The van der Waals surface area contributed by atoms with Gasteiger partial charge in [-0.3, -0.25) is 4.79 Å². The fourth-order valence-corrected chi connectivity index (χ4v) is 1.43. The highest BCUT2D eigenvalue weighted by Crippen LogP contribution is 2.04. The standard InChI is InChI=1S/C13H21N3O3/c1-18-8-3-6-15-13(17)11-4-5-12(16-10-11)14-7-9-19-2/h4-5,10H,3,6-9H2,1-2H3,(H,14,16)(H,15,17). The molecule has 1 aromatic heterocycles. The van der Waals surface area contributed by atoms with E-state index in [1.54, 1.807) is 32.5 Å². The molecule has 2 N–H and O–H groups in total. The molecule has 1 amide bonds. The topological polar surface area (TPSA) is 72.5 Å². The molecule has 1 heterocycles. The third-order valence-corrected chi connectivity index (χ3v) is 2.45. The number of methoxy groups -OCH3 is 2. The highest BCUT2D eigenvalue weighted by Gasteiger charge is 2.05. The van der Waals surface area contributed by atoms with Crippen LogP contribution < -0.4 is 10.6 Å². The molecule has 0 aromatic carbocycles. The predicted molar refractivity (Wildman–Crippen MR) is 73.4 cm³/mol. The molecule has 106 valence electrons. The van der Waals surface area contributed by atoms with Crippen molar-refractivity contribution in [3.8, 4) is 0 Å². The zero-order valence-corrected chi connectivity index (χ0v) is 11.4. The van der Waals surface area contributed by atoms with Gasteiger partial charge in [0.05, 0.1) is 12.2 Å². The molecule has 0 bridgehead atoms. The van der Waals surface area contributed by atoms with Gasteiger partial charge in [-0.1, -0.05) is 0 Å². The minimum absolute atomic E-state index is 0.118. The van der Waals surface area contributed by atoms with Crippen LogP contribution in [-0.2, 0) is 9.47 Å². The number of carbonyl (C=O) groups excluding carboxylic acids is 1. The average Bonchev–Trinajstić information content (AvgIpc) is 2.44. The zero-order chi connectivity index (χ0) is 13.9. The van der Waals surface area contributed by atoms with Gasteiger partial charge in [0, 0.05) is 40.1 Å². The van der Waals surface area contributed by atoms with Crippen LogP contribution in [0.3, 0.4) is 0 Å². The van der Waals surface area contributed by atoms with E-state index in [9.17, 15) is 4.79 Å². The van der Waals surface area contributed by atoms with E-state index in [1.807, 2.05) is 0 Å². The quantitative estimate of drug-likeness (QED) is 0.651. The lowest BCUT2D eigenvalue weighted by molar-refractivity contribution is 0.0948. The van der Waals surface area contributed by atoms with Gasteiger partial charge in [-0.05, 0) is 18.6 Å². The van der Waals surface area contributed by atoms with Crippen molar-refractivity contribution in [1.82, 2.24) is 10.3 Å². The summed E-state index contributed by atoms with van der Waals surface area (Å²) in [5, 5.41) is 5.89. The number of hydrogen-bond donors (Lipinski definition) is 2. The molecular weight excluding hydrogens is 246 g/mol. The Kier molecular flexibility index (Phi) is 7.53. The summed E-state index contributed by atoms with van der Waals surface area (Å²) in [7, 11) is 3.28. The number of nitrogens with zero attached hydrogens (tertiary/aromatic N) is 1. The number of anilines is 1. The largest absolute Gasteiger partial charge is 0.385 e. The van der Waals surface area contributed by atoms with E-state index in [-0.39, 0.29) is 5.91 Å². The Balaban J connectivity index is 2.35. The van der Waals surface area contributed by atoms with Gasteiger partial charge in [0.25, 0.3) is 5.91 Å². The van der Waals surface area contributed by atoms with Crippen LogP contribution in [-0.4, -0.2) is 51.4 Å². The molecule has 0 aliphatic heterocycles. The predicted octanol–water partition coefficient (Wildman–Crippen LogP) is 0.906. The van der Waals surface area contributed by atoms with Crippen LogP contribution in [0.25, 0.3) is 0 Å². The number of pyridine rings is 1. The number of hydrogen-bond acceptors (Lipinski definition) is 5. The van der Waals surface area contributed by atoms with E-state index < -0.39 is 0 Å². The summed E-state index contributed by atoms with van der Waals surface area (Å²) < 4.78 is 9.83. The Labute approximate surface area is 113 Å². The first-order valence-corrected chi connectivity index (χ1v) is 6.24. The molecular formula is C13H21N3O3. The van der Waals surface area contributed by atoms with Crippen LogP contribution in [0.4, 0.5) is 5.82 Å². The molecule has 0 atom stereocenters. The molecule has 0 saturated carbocycles. The van der Waals surface area contributed by atoms with Crippen molar-refractivity contribution in [3.63, 3.8) is 0 Å². The first-order valence-electron chi connectivity index (χ1n) is 6.24.